The number of pyridine rings is 1. The van der Waals surface area contributed by atoms with Crippen molar-refractivity contribution in [3.63, 3.8) is 0 Å². The molecule has 5 aromatic rings. The van der Waals surface area contributed by atoms with Gasteiger partial charge in [0.15, 0.2) is 0 Å². The Morgan fingerprint density at radius 1 is 1.11 bits per heavy atom. The van der Waals surface area contributed by atoms with Gasteiger partial charge in [-0.15, -0.1) is 5.10 Å². The third-order valence-electron chi connectivity index (χ3n) is 7.21. The second kappa shape index (κ2) is 8.21. The van der Waals surface area contributed by atoms with Crippen molar-refractivity contribution < 1.29 is 14.2 Å². The van der Waals surface area contributed by atoms with Crippen LogP contribution >= 0.6 is 0 Å². The van der Waals surface area contributed by atoms with Crippen molar-refractivity contribution in [2.75, 3.05) is 13.2 Å². The summed E-state index contributed by atoms with van der Waals surface area (Å²) in [7, 11) is 1.77. The first-order valence-electron chi connectivity index (χ1n) is 12.1. The minimum Gasteiger partial charge on any atom is -0.386 e. The smallest absolute Gasteiger partial charge is 0.133 e. The lowest BCUT2D eigenvalue weighted by Crippen LogP contribution is -2.36. The van der Waals surface area contributed by atoms with Crippen LogP contribution in [0.25, 0.3) is 33.2 Å². The molecule has 1 aliphatic heterocycles. The minimum absolute atomic E-state index is 0.0529. The highest BCUT2D eigenvalue weighted by Gasteiger charge is 2.34. The molecule has 1 aliphatic rings. The fraction of sp³-hybridized carbons (Fsp3) is 0.321. The number of fused-ring (bicyclic) bond motifs is 3. The molecular formula is C28H28FN5O2. The van der Waals surface area contributed by atoms with Gasteiger partial charge in [0.2, 0.25) is 0 Å². The molecule has 1 fully saturated rings. The summed E-state index contributed by atoms with van der Waals surface area (Å²) in [6, 6.07) is 15.7. The Morgan fingerprint density at radius 2 is 1.86 bits per heavy atom. The number of hydrogen-bond donors (Lipinski definition) is 1. The molecule has 0 amide bonds. The highest BCUT2D eigenvalue weighted by molar-refractivity contribution is 6.07. The molecule has 0 spiro atoms. The lowest BCUT2D eigenvalue weighted by atomic mass is 9.90. The molecule has 0 saturated carbocycles. The summed E-state index contributed by atoms with van der Waals surface area (Å²) < 4.78 is 25.1. The first-order chi connectivity index (χ1) is 17.2. The van der Waals surface area contributed by atoms with Crippen LogP contribution in [0.1, 0.15) is 36.7 Å². The number of benzene rings is 2. The Kier molecular flexibility index (Phi) is 5.21. The molecule has 1 atom stereocenters. The molecule has 1 N–H and O–H groups in total. The van der Waals surface area contributed by atoms with Crippen molar-refractivity contribution in [1.82, 2.24) is 24.5 Å². The molecule has 6 rings (SSSR count). The van der Waals surface area contributed by atoms with Crippen LogP contribution in [0.3, 0.4) is 0 Å². The van der Waals surface area contributed by atoms with Gasteiger partial charge < -0.3 is 14.4 Å². The topological polar surface area (TPSA) is 78.0 Å². The van der Waals surface area contributed by atoms with Gasteiger partial charge in [0.1, 0.15) is 5.82 Å². The molecule has 3 aromatic heterocycles. The summed E-state index contributed by atoms with van der Waals surface area (Å²) in [5, 5.41) is 19.7. The molecule has 1 unspecified atom stereocenters. The van der Waals surface area contributed by atoms with E-state index >= 15 is 4.39 Å². The molecule has 36 heavy (non-hydrogen) atoms. The molecule has 8 heteroatoms. The number of nitrogens with zero attached hydrogens (tertiary/aromatic N) is 5. The van der Waals surface area contributed by atoms with Gasteiger partial charge in [-0.2, -0.15) is 0 Å². The molecule has 0 aliphatic carbocycles. The van der Waals surface area contributed by atoms with Gasteiger partial charge in [0.05, 0.1) is 52.8 Å². The lowest BCUT2D eigenvalue weighted by molar-refractivity contribution is -0.0484. The SMILES string of the molecule is Cc1nnn(C)c1-c1cc2c(cc1F)c1ncc(C(C)(C)O)cc1n2C(c1ccccc1)C1COC1. The maximum Gasteiger partial charge on any atom is 0.133 e. The van der Waals surface area contributed by atoms with Crippen LogP contribution in [0.5, 0.6) is 0 Å². The predicted molar refractivity (Wildman–Crippen MR) is 136 cm³/mol. The highest BCUT2D eigenvalue weighted by atomic mass is 19.1. The largest absolute Gasteiger partial charge is 0.386 e. The summed E-state index contributed by atoms with van der Waals surface area (Å²) in [4.78, 5) is 4.74. The first kappa shape index (κ1) is 22.8. The Morgan fingerprint density at radius 3 is 2.47 bits per heavy atom. The van der Waals surface area contributed by atoms with Gasteiger partial charge in [-0.05, 0) is 44.5 Å². The quantitative estimate of drug-likeness (QED) is 0.383. The number of halogens is 1. The second-order valence-electron chi connectivity index (χ2n) is 10.2. The van der Waals surface area contributed by atoms with Crippen molar-refractivity contribution in [2.45, 2.75) is 32.4 Å². The van der Waals surface area contributed by atoms with Gasteiger partial charge in [0, 0.05) is 35.7 Å². The van der Waals surface area contributed by atoms with E-state index in [1.165, 1.54) is 0 Å². The number of aryl methyl sites for hydroxylation is 2. The zero-order valence-corrected chi connectivity index (χ0v) is 20.7. The minimum atomic E-state index is -1.07. The van der Waals surface area contributed by atoms with Crippen LogP contribution in [0.2, 0.25) is 0 Å². The van der Waals surface area contributed by atoms with Crippen molar-refractivity contribution in [2.24, 2.45) is 13.0 Å². The third kappa shape index (κ3) is 3.51. The molecule has 1 saturated heterocycles. The molecule has 7 nitrogen and oxygen atoms in total. The van der Waals surface area contributed by atoms with E-state index < -0.39 is 5.60 Å². The number of rotatable bonds is 5. The van der Waals surface area contributed by atoms with Gasteiger partial charge in [-0.25, -0.2) is 9.07 Å². The van der Waals surface area contributed by atoms with E-state index in [0.717, 1.165) is 22.0 Å². The predicted octanol–water partition coefficient (Wildman–Crippen LogP) is 4.90. The van der Waals surface area contributed by atoms with Crippen LogP contribution in [-0.4, -0.2) is 42.9 Å². The standard InChI is InChI=1S/C28H28FN5O2/c1-16-26(33(4)32-31-16)20-12-23-21(11-22(20)29)25-24(10-19(13-30-25)28(2,3)35)34(23)27(18-14-36-15-18)17-8-6-5-7-9-17/h5-13,18,27,35H,14-15H2,1-4H3. The lowest BCUT2D eigenvalue weighted by Gasteiger charge is -2.36. The number of aliphatic hydroxyl groups is 1. The molecule has 4 heterocycles. The molecule has 0 radical (unpaired) electrons. The summed E-state index contributed by atoms with van der Waals surface area (Å²) in [5.74, 6) is -0.114. The van der Waals surface area contributed by atoms with Crippen LogP contribution in [0.4, 0.5) is 4.39 Å². The average molecular weight is 486 g/mol. The van der Waals surface area contributed by atoms with E-state index in [0.29, 0.717) is 41.2 Å². The Labute approximate surface area is 208 Å². The van der Waals surface area contributed by atoms with Gasteiger partial charge in [-0.1, -0.05) is 35.5 Å². The number of aromatic nitrogens is 5. The fourth-order valence-electron chi connectivity index (χ4n) is 5.29. The van der Waals surface area contributed by atoms with Crippen molar-refractivity contribution in [1.29, 1.82) is 0 Å². The van der Waals surface area contributed by atoms with E-state index in [1.807, 2.05) is 37.3 Å². The van der Waals surface area contributed by atoms with Gasteiger partial charge in [-0.3, -0.25) is 4.98 Å². The van der Waals surface area contributed by atoms with E-state index in [1.54, 1.807) is 37.8 Å². The summed E-state index contributed by atoms with van der Waals surface area (Å²) in [5.41, 5.74) is 4.92. The van der Waals surface area contributed by atoms with Crippen LogP contribution in [0, 0.1) is 18.7 Å². The zero-order valence-electron chi connectivity index (χ0n) is 20.7. The maximum atomic E-state index is 15.6. The van der Waals surface area contributed by atoms with Crippen molar-refractivity contribution in [3.8, 4) is 11.3 Å². The highest BCUT2D eigenvalue weighted by Crippen LogP contribution is 2.42. The Balaban J connectivity index is 1.73. The Hall–Kier alpha value is -3.62. The third-order valence-corrected chi connectivity index (χ3v) is 7.21. The number of ether oxygens (including phenoxy) is 1. The fourth-order valence-corrected chi connectivity index (χ4v) is 5.29. The summed E-state index contributed by atoms with van der Waals surface area (Å²) >= 11 is 0. The summed E-state index contributed by atoms with van der Waals surface area (Å²) in [6.45, 7) is 6.59. The Bertz CT molecular complexity index is 1580. The van der Waals surface area contributed by atoms with Crippen LogP contribution < -0.4 is 0 Å². The van der Waals surface area contributed by atoms with E-state index in [4.69, 9.17) is 9.72 Å². The van der Waals surface area contributed by atoms with Crippen LogP contribution in [0.15, 0.2) is 54.7 Å². The average Bonchev–Trinajstić information content (AvgIpc) is 3.31. The summed E-state index contributed by atoms with van der Waals surface area (Å²) in [6.07, 6.45) is 1.68. The molecule has 0 bridgehead atoms. The van der Waals surface area contributed by atoms with Crippen molar-refractivity contribution in [3.05, 3.63) is 77.4 Å². The monoisotopic (exact) mass is 485 g/mol. The number of hydrogen-bond acceptors (Lipinski definition) is 5. The molecule has 184 valence electrons. The first-order valence-corrected chi connectivity index (χ1v) is 12.1. The van der Waals surface area contributed by atoms with Gasteiger partial charge >= 0.3 is 0 Å². The van der Waals surface area contributed by atoms with E-state index in [9.17, 15) is 5.11 Å². The zero-order chi connectivity index (χ0) is 25.2. The van der Waals surface area contributed by atoms with E-state index in [2.05, 4.69) is 27.0 Å². The molecule has 2 aromatic carbocycles. The normalized spacial score (nSPS) is 15.5. The van der Waals surface area contributed by atoms with Crippen molar-refractivity contribution >= 4 is 21.9 Å². The van der Waals surface area contributed by atoms with Crippen LogP contribution in [-0.2, 0) is 17.4 Å². The molecular weight excluding hydrogens is 457 g/mol. The maximum absolute atomic E-state index is 15.6. The van der Waals surface area contributed by atoms with Gasteiger partial charge in [0.25, 0.3) is 0 Å². The second-order valence-corrected chi connectivity index (χ2v) is 10.2. The van der Waals surface area contributed by atoms with E-state index in [-0.39, 0.29) is 17.8 Å².